The van der Waals surface area contributed by atoms with Crippen molar-refractivity contribution in [3.05, 3.63) is 28.7 Å². The van der Waals surface area contributed by atoms with Crippen LogP contribution in [0, 0.1) is 12.8 Å². The Bertz CT molecular complexity index is 619. The lowest BCUT2D eigenvalue weighted by molar-refractivity contribution is -0.116. The molecule has 2 aromatic heterocycles. The number of hydrogen-bond acceptors (Lipinski definition) is 5. The average Bonchev–Trinajstić information content (AvgIpc) is 2.82. The highest BCUT2D eigenvalue weighted by Crippen LogP contribution is 2.47. The normalized spacial score (nSPS) is 20.9. The molecule has 0 unspecified atom stereocenters. The third kappa shape index (κ3) is 3.07. The van der Waals surface area contributed by atoms with Crippen LogP contribution in [0.4, 0.5) is 5.13 Å². The SMILES string of the molecule is Cc1nnc(NC(=O)CCc2ccc([C@@H]3C[C@H]3C)o2)s1. The van der Waals surface area contributed by atoms with Gasteiger partial charge in [-0.15, -0.1) is 10.2 Å². The Kier molecular flexibility index (Phi) is 3.56. The minimum absolute atomic E-state index is 0.0566. The van der Waals surface area contributed by atoms with Gasteiger partial charge in [-0.3, -0.25) is 4.79 Å². The van der Waals surface area contributed by atoms with E-state index in [1.165, 1.54) is 17.8 Å². The van der Waals surface area contributed by atoms with Crippen molar-refractivity contribution in [3.63, 3.8) is 0 Å². The Morgan fingerprint density at radius 3 is 2.95 bits per heavy atom. The Labute approximate surface area is 121 Å². The molecular formula is C14H17N3O2S. The van der Waals surface area contributed by atoms with E-state index in [-0.39, 0.29) is 5.91 Å². The lowest BCUT2D eigenvalue weighted by atomic mass is 10.2. The van der Waals surface area contributed by atoms with E-state index in [1.54, 1.807) is 0 Å². The maximum atomic E-state index is 11.8. The second kappa shape index (κ2) is 5.36. The van der Waals surface area contributed by atoms with E-state index in [0.717, 1.165) is 22.4 Å². The Morgan fingerprint density at radius 1 is 1.50 bits per heavy atom. The molecule has 2 aromatic rings. The van der Waals surface area contributed by atoms with Gasteiger partial charge in [-0.05, 0) is 31.4 Å². The van der Waals surface area contributed by atoms with E-state index in [2.05, 4.69) is 22.4 Å². The molecule has 0 spiro atoms. The molecule has 1 fully saturated rings. The number of aromatic nitrogens is 2. The van der Waals surface area contributed by atoms with E-state index < -0.39 is 0 Å². The summed E-state index contributed by atoms with van der Waals surface area (Å²) >= 11 is 1.38. The predicted molar refractivity (Wildman–Crippen MR) is 76.8 cm³/mol. The third-order valence-corrected chi connectivity index (χ3v) is 4.28. The van der Waals surface area contributed by atoms with Gasteiger partial charge in [0.15, 0.2) is 0 Å². The molecule has 2 atom stereocenters. The number of amides is 1. The molecule has 1 aliphatic rings. The first-order chi connectivity index (χ1) is 9.61. The lowest BCUT2D eigenvalue weighted by Gasteiger charge is -1.99. The van der Waals surface area contributed by atoms with Crippen molar-refractivity contribution in [2.75, 3.05) is 5.32 Å². The van der Waals surface area contributed by atoms with E-state index in [0.29, 0.717) is 23.9 Å². The molecule has 20 heavy (non-hydrogen) atoms. The maximum absolute atomic E-state index is 11.8. The van der Waals surface area contributed by atoms with Gasteiger partial charge < -0.3 is 9.73 Å². The summed E-state index contributed by atoms with van der Waals surface area (Å²) in [6.07, 6.45) is 2.22. The number of hydrogen-bond donors (Lipinski definition) is 1. The van der Waals surface area contributed by atoms with Crippen LogP contribution in [0.5, 0.6) is 0 Å². The predicted octanol–water partition coefficient (Wildman–Crippen LogP) is 3.13. The fourth-order valence-corrected chi connectivity index (χ4v) is 2.82. The summed E-state index contributed by atoms with van der Waals surface area (Å²) in [4.78, 5) is 11.8. The Hall–Kier alpha value is -1.69. The number of aryl methyl sites for hydroxylation is 2. The Morgan fingerprint density at radius 2 is 2.30 bits per heavy atom. The summed E-state index contributed by atoms with van der Waals surface area (Å²) in [6.45, 7) is 4.08. The highest BCUT2D eigenvalue weighted by Gasteiger charge is 2.36. The van der Waals surface area contributed by atoms with Crippen molar-refractivity contribution in [1.29, 1.82) is 0 Å². The van der Waals surface area contributed by atoms with E-state index in [1.807, 2.05) is 19.1 Å². The first-order valence-electron chi connectivity index (χ1n) is 6.80. The smallest absolute Gasteiger partial charge is 0.226 e. The number of carbonyl (C=O) groups is 1. The van der Waals surface area contributed by atoms with Crippen LogP contribution in [-0.4, -0.2) is 16.1 Å². The van der Waals surface area contributed by atoms with Crippen molar-refractivity contribution in [2.45, 2.75) is 39.0 Å². The van der Waals surface area contributed by atoms with Gasteiger partial charge in [0.2, 0.25) is 11.0 Å². The van der Waals surface area contributed by atoms with E-state index in [4.69, 9.17) is 4.42 Å². The standard InChI is InChI=1S/C14H17N3O2S/c1-8-7-11(8)12-5-3-10(19-12)4-6-13(18)15-14-17-16-9(2)20-14/h3,5,8,11H,4,6-7H2,1-2H3,(H,15,17,18)/t8-,11-/m1/s1. The van der Waals surface area contributed by atoms with Crippen LogP contribution in [-0.2, 0) is 11.2 Å². The molecule has 0 radical (unpaired) electrons. The van der Waals surface area contributed by atoms with Crippen molar-refractivity contribution >= 4 is 22.4 Å². The second-order valence-corrected chi connectivity index (χ2v) is 6.48. The van der Waals surface area contributed by atoms with E-state index >= 15 is 0 Å². The molecule has 6 heteroatoms. The van der Waals surface area contributed by atoms with E-state index in [9.17, 15) is 4.79 Å². The first-order valence-corrected chi connectivity index (χ1v) is 7.62. The topological polar surface area (TPSA) is 68.0 Å². The van der Waals surface area contributed by atoms with Crippen LogP contribution in [0.25, 0.3) is 0 Å². The molecular weight excluding hydrogens is 274 g/mol. The minimum atomic E-state index is -0.0566. The zero-order valence-electron chi connectivity index (χ0n) is 11.5. The highest BCUT2D eigenvalue weighted by atomic mass is 32.1. The molecule has 1 aliphatic carbocycles. The van der Waals surface area contributed by atoms with Crippen LogP contribution in [0.3, 0.4) is 0 Å². The van der Waals surface area contributed by atoms with Gasteiger partial charge in [-0.2, -0.15) is 0 Å². The molecule has 1 amide bonds. The second-order valence-electron chi connectivity index (χ2n) is 5.30. The number of furan rings is 1. The summed E-state index contributed by atoms with van der Waals surface area (Å²) in [5, 5.41) is 11.9. The third-order valence-electron chi connectivity index (χ3n) is 3.53. The van der Waals surface area contributed by atoms with Crippen molar-refractivity contribution in [2.24, 2.45) is 5.92 Å². The van der Waals surface area contributed by atoms with Gasteiger partial charge in [-0.25, -0.2) is 0 Å². The van der Waals surface area contributed by atoms with Crippen LogP contribution >= 0.6 is 11.3 Å². The summed E-state index contributed by atoms with van der Waals surface area (Å²) in [7, 11) is 0. The van der Waals surface area contributed by atoms with Gasteiger partial charge in [0, 0.05) is 18.8 Å². The molecule has 0 aromatic carbocycles. The van der Waals surface area contributed by atoms with Crippen molar-refractivity contribution in [3.8, 4) is 0 Å². The number of nitrogens with zero attached hydrogens (tertiary/aromatic N) is 2. The molecule has 5 nitrogen and oxygen atoms in total. The minimum Gasteiger partial charge on any atom is -0.466 e. The van der Waals surface area contributed by atoms with Gasteiger partial charge in [-0.1, -0.05) is 18.3 Å². The molecule has 3 rings (SSSR count). The molecule has 2 heterocycles. The monoisotopic (exact) mass is 291 g/mol. The summed E-state index contributed by atoms with van der Waals surface area (Å²) in [6, 6.07) is 4.01. The molecule has 0 saturated heterocycles. The van der Waals surface area contributed by atoms with Crippen molar-refractivity contribution < 1.29 is 9.21 Å². The summed E-state index contributed by atoms with van der Waals surface area (Å²) in [5.41, 5.74) is 0. The Balaban J connectivity index is 1.49. The van der Waals surface area contributed by atoms with Crippen LogP contribution in [0.2, 0.25) is 0 Å². The summed E-state index contributed by atoms with van der Waals surface area (Å²) < 4.78 is 5.78. The first kappa shape index (κ1) is 13.3. The largest absolute Gasteiger partial charge is 0.466 e. The fraction of sp³-hybridized carbons (Fsp3) is 0.500. The van der Waals surface area contributed by atoms with Crippen LogP contribution in [0.1, 0.15) is 42.2 Å². The summed E-state index contributed by atoms with van der Waals surface area (Å²) in [5.74, 6) is 3.20. The highest BCUT2D eigenvalue weighted by molar-refractivity contribution is 7.15. The van der Waals surface area contributed by atoms with Crippen LogP contribution in [0.15, 0.2) is 16.5 Å². The zero-order valence-corrected chi connectivity index (χ0v) is 12.4. The van der Waals surface area contributed by atoms with Gasteiger partial charge in [0.05, 0.1) is 0 Å². The quantitative estimate of drug-likeness (QED) is 0.919. The zero-order chi connectivity index (χ0) is 14.1. The fourth-order valence-electron chi connectivity index (χ4n) is 2.21. The number of rotatable bonds is 5. The van der Waals surface area contributed by atoms with Gasteiger partial charge >= 0.3 is 0 Å². The maximum Gasteiger partial charge on any atom is 0.226 e. The molecule has 0 bridgehead atoms. The number of anilines is 1. The average molecular weight is 291 g/mol. The molecule has 106 valence electrons. The lowest BCUT2D eigenvalue weighted by Crippen LogP contribution is -2.11. The van der Waals surface area contributed by atoms with Gasteiger partial charge in [0.1, 0.15) is 16.5 Å². The van der Waals surface area contributed by atoms with Crippen molar-refractivity contribution in [1.82, 2.24) is 10.2 Å². The van der Waals surface area contributed by atoms with Crippen LogP contribution < -0.4 is 5.32 Å². The number of carbonyl (C=O) groups excluding carboxylic acids is 1. The van der Waals surface area contributed by atoms with Gasteiger partial charge in [0.25, 0.3) is 0 Å². The number of nitrogens with one attached hydrogen (secondary N) is 1. The molecule has 1 N–H and O–H groups in total. The molecule has 1 saturated carbocycles. The molecule has 0 aliphatic heterocycles.